The quantitative estimate of drug-likeness (QED) is 0.796. The second-order valence-electron chi connectivity index (χ2n) is 6.70. The molecule has 0 aromatic carbocycles. The van der Waals surface area contributed by atoms with E-state index in [1.165, 1.54) is 0 Å². The van der Waals surface area contributed by atoms with Crippen molar-refractivity contribution >= 4 is 11.8 Å². The van der Waals surface area contributed by atoms with Crippen LogP contribution in [0.1, 0.15) is 47.0 Å². The predicted octanol–water partition coefficient (Wildman–Crippen LogP) is 1.66. The maximum atomic E-state index is 12.9. The Balaban J connectivity index is 2.07. The van der Waals surface area contributed by atoms with Crippen molar-refractivity contribution in [2.45, 2.75) is 52.6 Å². The van der Waals surface area contributed by atoms with Gasteiger partial charge < -0.3 is 14.5 Å². The Morgan fingerprint density at radius 2 is 1.76 bits per heavy atom. The van der Waals surface area contributed by atoms with Crippen LogP contribution in [0.3, 0.4) is 0 Å². The number of amides is 2. The average Bonchev–Trinajstić information content (AvgIpc) is 2.91. The van der Waals surface area contributed by atoms with E-state index in [1.807, 2.05) is 11.8 Å². The summed E-state index contributed by atoms with van der Waals surface area (Å²) in [6.45, 7) is 10.8. The topological polar surface area (TPSA) is 49.9 Å². The normalized spacial score (nSPS) is 28.8. The van der Waals surface area contributed by atoms with Crippen LogP contribution in [0, 0.1) is 5.41 Å². The van der Waals surface area contributed by atoms with Crippen LogP contribution in [0.4, 0.5) is 0 Å². The third-order valence-corrected chi connectivity index (χ3v) is 5.40. The van der Waals surface area contributed by atoms with Gasteiger partial charge in [-0.15, -0.1) is 0 Å². The summed E-state index contributed by atoms with van der Waals surface area (Å²) in [4.78, 5) is 28.1. The van der Waals surface area contributed by atoms with Crippen LogP contribution in [0.2, 0.25) is 0 Å². The van der Waals surface area contributed by atoms with Gasteiger partial charge in [0.25, 0.3) is 5.91 Å². The first-order valence-electron chi connectivity index (χ1n) is 8.05. The molecule has 2 aliphatic rings. The molecule has 21 heavy (non-hydrogen) atoms. The van der Waals surface area contributed by atoms with Crippen molar-refractivity contribution in [3.8, 4) is 0 Å². The summed E-state index contributed by atoms with van der Waals surface area (Å²) in [5.41, 5.74) is -0.623. The molecule has 2 heterocycles. The van der Waals surface area contributed by atoms with Crippen LogP contribution in [-0.2, 0) is 14.3 Å². The molecule has 0 radical (unpaired) electrons. The second kappa shape index (κ2) is 5.95. The predicted molar refractivity (Wildman–Crippen MR) is 80.8 cm³/mol. The fourth-order valence-electron chi connectivity index (χ4n) is 3.54. The van der Waals surface area contributed by atoms with E-state index >= 15 is 0 Å². The molecule has 0 aromatic heterocycles. The highest BCUT2D eigenvalue weighted by atomic mass is 16.5. The number of morpholine rings is 1. The van der Waals surface area contributed by atoms with Crippen molar-refractivity contribution in [3.63, 3.8) is 0 Å². The second-order valence-corrected chi connectivity index (χ2v) is 6.70. The number of carbonyl (C=O) groups excluding carboxylic acids is 2. The number of likely N-dealkylation sites (tertiary alicyclic amines) is 1. The summed E-state index contributed by atoms with van der Waals surface area (Å²) >= 11 is 0. The number of ether oxygens (including phenoxy) is 1. The van der Waals surface area contributed by atoms with Crippen LogP contribution in [0.5, 0.6) is 0 Å². The molecule has 0 spiro atoms. The van der Waals surface area contributed by atoms with Gasteiger partial charge in [0.15, 0.2) is 5.60 Å². The van der Waals surface area contributed by atoms with Crippen molar-refractivity contribution in [3.05, 3.63) is 0 Å². The molecule has 2 rings (SSSR count). The molecule has 5 nitrogen and oxygen atoms in total. The third kappa shape index (κ3) is 3.07. The van der Waals surface area contributed by atoms with Crippen LogP contribution in [-0.4, -0.2) is 60.0 Å². The lowest BCUT2D eigenvalue weighted by Gasteiger charge is -2.41. The Bertz CT molecular complexity index is 420. The minimum atomic E-state index is -0.887. The minimum Gasteiger partial charge on any atom is -0.362 e. The van der Waals surface area contributed by atoms with E-state index < -0.39 is 5.60 Å². The van der Waals surface area contributed by atoms with E-state index in [0.717, 1.165) is 32.4 Å². The highest BCUT2D eigenvalue weighted by molar-refractivity contribution is 5.86. The lowest BCUT2D eigenvalue weighted by Crippen LogP contribution is -2.59. The first-order chi connectivity index (χ1) is 9.86. The molecular formula is C16H28N2O3. The lowest BCUT2D eigenvalue weighted by molar-refractivity contribution is -0.170. The van der Waals surface area contributed by atoms with Crippen LogP contribution < -0.4 is 0 Å². The Kier molecular flexibility index (Phi) is 4.61. The van der Waals surface area contributed by atoms with Crippen molar-refractivity contribution in [1.29, 1.82) is 0 Å². The molecule has 0 saturated carbocycles. The molecule has 120 valence electrons. The van der Waals surface area contributed by atoms with Gasteiger partial charge in [0.05, 0.1) is 13.2 Å². The molecular weight excluding hydrogens is 268 g/mol. The van der Waals surface area contributed by atoms with Gasteiger partial charge in [-0.25, -0.2) is 0 Å². The van der Waals surface area contributed by atoms with Gasteiger partial charge in [-0.3, -0.25) is 9.59 Å². The average molecular weight is 296 g/mol. The Hall–Kier alpha value is -1.10. The summed E-state index contributed by atoms with van der Waals surface area (Å²) in [6, 6.07) is 0. The molecule has 0 aromatic rings. The molecule has 2 aliphatic heterocycles. The summed E-state index contributed by atoms with van der Waals surface area (Å²) in [7, 11) is 0. The van der Waals surface area contributed by atoms with Crippen LogP contribution in [0.25, 0.3) is 0 Å². The molecule has 0 bridgehead atoms. The number of hydrogen-bond donors (Lipinski definition) is 0. The number of carbonyl (C=O) groups is 2. The summed E-state index contributed by atoms with van der Waals surface area (Å²) in [5, 5.41) is 0. The van der Waals surface area contributed by atoms with Crippen molar-refractivity contribution < 1.29 is 14.3 Å². The largest absolute Gasteiger partial charge is 0.362 e. The van der Waals surface area contributed by atoms with Crippen LogP contribution in [0.15, 0.2) is 0 Å². The molecule has 0 aliphatic carbocycles. The van der Waals surface area contributed by atoms with Gasteiger partial charge in [-0.05, 0) is 31.6 Å². The Morgan fingerprint density at radius 1 is 1.10 bits per heavy atom. The number of rotatable bonds is 3. The maximum absolute atomic E-state index is 12.9. The van der Waals surface area contributed by atoms with E-state index in [9.17, 15) is 9.59 Å². The number of nitrogens with zero attached hydrogens (tertiary/aromatic N) is 2. The summed E-state index contributed by atoms with van der Waals surface area (Å²) < 4.78 is 5.77. The zero-order chi connectivity index (χ0) is 15.7. The third-order valence-electron chi connectivity index (χ3n) is 5.40. The lowest BCUT2D eigenvalue weighted by atomic mass is 9.82. The highest BCUT2D eigenvalue weighted by Crippen LogP contribution is 2.38. The zero-order valence-corrected chi connectivity index (χ0v) is 13.8. The van der Waals surface area contributed by atoms with Crippen molar-refractivity contribution in [2.24, 2.45) is 5.41 Å². The number of hydrogen-bond acceptors (Lipinski definition) is 3. The van der Waals surface area contributed by atoms with Gasteiger partial charge >= 0.3 is 0 Å². The zero-order valence-electron chi connectivity index (χ0n) is 13.8. The molecule has 2 amide bonds. The standard InChI is InChI=1S/C16H28N2O3/c1-5-16(6-2)7-8-18(12-16)14(20)15(4)11-17(13(3)19)9-10-21-15/h5-12H2,1-4H3. The van der Waals surface area contributed by atoms with Gasteiger partial charge in [-0.1, -0.05) is 13.8 Å². The van der Waals surface area contributed by atoms with E-state index in [1.54, 1.807) is 11.8 Å². The smallest absolute Gasteiger partial charge is 0.256 e. The highest BCUT2D eigenvalue weighted by Gasteiger charge is 2.46. The van der Waals surface area contributed by atoms with Crippen LogP contribution >= 0.6 is 0 Å². The first-order valence-corrected chi connectivity index (χ1v) is 8.05. The molecule has 1 unspecified atom stereocenters. The molecule has 2 fully saturated rings. The SMILES string of the molecule is CCC1(CC)CCN(C(=O)C2(C)CN(C(C)=O)CCO2)C1. The Labute approximate surface area is 127 Å². The molecule has 2 saturated heterocycles. The first kappa shape index (κ1) is 16.3. The fourth-order valence-corrected chi connectivity index (χ4v) is 3.54. The maximum Gasteiger partial charge on any atom is 0.256 e. The van der Waals surface area contributed by atoms with Gasteiger partial charge in [0.2, 0.25) is 5.91 Å². The van der Waals surface area contributed by atoms with Gasteiger partial charge in [-0.2, -0.15) is 0 Å². The van der Waals surface area contributed by atoms with E-state index in [-0.39, 0.29) is 17.2 Å². The monoisotopic (exact) mass is 296 g/mol. The van der Waals surface area contributed by atoms with Gasteiger partial charge in [0.1, 0.15) is 0 Å². The van der Waals surface area contributed by atoms with E-state index in [2.05, 4.69) is 13.8 Å². The van der Waals surface area contributed by atoms with Gasteiger partial charge in [0, 0.05) is 26.6 Å². The molecule has 1 atom stereocenters. The van der Waals surface area contributed by atoms with E-state index in [0.29, 0.717) is 19.7 Å². The van der Waals surface area contributed by atoms with Crippen molar-refractivity contribution in [1.82, 2.24) is 9.80 Å². The molecule has 5 heteroatoms. The summed E-state index contributed by atoms with van der Waals surface area (Å²) in [6.07, 6.45) is 3.27. The van der Waals surface area contributed by atoms with E-state index in [4.69, 9.17) is 4.74 Å². The Morgan fingerprint density at radius 3 is 2.29 bits per heavy atom. The fraction of sp³-hybridized carbons (Fsp3) is 0.875. The summed E-state index contributed by atoms with van der Waals surface area (Å²) in [5.74, 6) is 0.0486. The molecule has 0 N–H and O–H groups in total. The van der Waals surface area contributed by atoms with Crippen molar-refractivity contribution in [2.75, 3.05) is 32.8 Å². The minimum absolute atomic E-state index is 0.00945.